The van der Waals surface area contributed by atoms with Crippen molar-refractivity contribution in [1.82, 2.24) is 4.90 Å². The van der Waals surface area contributed by atoms with E-state index in [2.05, 4.69) is 22.6 Å². The van der Waals surface area contributed by atoms with Crippen molar-refractivity contribution in [2.24, 2.45) is 0 Å². The Morgan fingerprint density at radius 1 is 1.44 bits per heavy atom. The molecule has 0 saturated carbocycles. The highest BCUT2D eigenvalue weighted by Crippen LogP contribution is 2.37. The van der Waals surface area contributed by atoms with Gasteiger partial charge >= 0.3 is 5.97 Å². The molecule has 0 unspecified atom stereocenters. The van der Waals surface area contributed by atoms with Gasteiger partial charge in [0.15, 0.2) is 18.1 Å². The van der Waals surface area contributed by atoms with Crippen LogP contribution in [0.2, 0.25) is 0 Å². The van der Waals surface area contributed by atoms with Gasteiger partial charge in [-0.15, -0.1) is 0 Å². The van der Waals surface area contributed by atoms with Crippen molar-refractivity contribution >= 4 is 68.8 Å². The van der Waals surface area contributed by atoms with Crippen LogP contribution in [-0.4, -0.2) is 48.5 Å². The summed E-state index contributed by atoms with van der Waals surface area (Å²) in [7, 11) is 3.16. The first-order valence-electron chi connectivity index (χ1n) is 7.24. The minimum Gasteiger partial charge on any atom is -0.493 e. The summed E-state index contributed by atoms with van der Waals surface area (Å²) in [4.78, 5) is 25.6. The summed E-state index contributed by atoms with van der Waals surface area (Å²) in [5.41, 5.74) is 0.777. The maximum atomic E-state index is 12.1. The fourth-order valence-electron chi connectivity index (χ4n) is 1.99. The number of thioether (sulfide) groups is 1. The SMILES string of the molecule is CCOC(=O)COc1c(I)cc(/C=C2\SC(=S)N(C)C2=O)cc1OC. The highest BCUT2D eigenvalue weighted by Gasteiger charge is 2.28. The number of carbonyl (C=O) groups is 2. The number of nitrogens with zero attached hydrogens (tertiary/aromatic N) is 1. The lowest BCUT2D eigenvalue weighted by atomic mass is 10.2. The zero-order valence-corrected chi connectivity index (χ0v) is 17.6. The van der Waals surface area contributed by atoms with E-state index in [0.717, 1.165) is 9.13 Å². The molecule has 1 aliphatic heterocycles. The number of ether oxygens (including phenoxy) is 3. The van der Waals surface area contributed by atoms with Crippen molar-refractivity contribution in [2.75, 3.05) is 27.4 Å². The number of esters is 1. The smallest absolute Gasteiger partial charge is 0.344 e. The van der Waals surface area contributed by atoms with Crippen LogP contribution in [0.3, 0.4) is 0 Å². The van der Waals surface area contributed by atoms with Gasteiger partial charge in [0.1, 0.15) is 4.32 Å². The summed E-state index contributed by atoms with van der Waals surface area (Å²) in [5, 5.41) is 0. The van der Waals surface area contributed by atoms with Gasteiger partial charge in [0.2, 0.25) is 0 Å². The Balaban J connectivity index is 2.26. The Bertz CT molecular complexity index is 750. The lowest BCUT2D eigenvalue weighted by molar-refractivity contribution is -0.145. The number of rotatable bonds is 6. The number of likely N-dealkylation sites (N-methyl/N-ethyl adjacent to an activating group) is 1. The van der Waals surface area contributed by atoms with Crippen LogP contribution in [0.4, 0.5) is 0 Å². The van der Waals surface area contributed by atoms with E-state index in [-0.39, 0.29) is 12.5 Å². The molecule has 0 aliphatic carbocycles. The van der Waals surface area contributed by atoms with Gasteiger partial charge in [-0.05, 0) is 53.3 Å². The van der Waals surface area contributed by atoms with E-state index in [1.807, 2.05) is 6.07 Å². The third kappa shape index (κ3) is 4.85. The van der Waals surface area contributed by atoms with Crippen molar-refractivity contribution < 1.29 is 23.8 Å². The fourth-order valence-corrected chi connectivity index (χ4v) is 3.95. The Kier molecular flexibility index (Phi) is 7.08. The van der Waals surface area contributed by atoms with Crippen LogP contribution in [-0.2, 0) is 14.3 Å². The van der Waals surface area contributed by atoms with Gasteiger partial charge in [-0.1, -0.05) is 24.0 Å². The number of benzene rings is 1. The summed E-state index contributed by atoms with van der Waals surface area (Å²) in [6.45, 7) is 1.83. The lowest BCUT2D eigenvalue weighted by Gasteiger charge is -2.13. The minimum atomic E-state index is -0.448. The van der Waals surface area contributed by atoms with Gasteiger partial charge in [0.05, 0.1) is 22.2 Å². The molecule has 1 heterocycles. The average Bonchev–Trinajstić information content (AvgIpc) is 2.80. The van der Waals surface area contributed by atoms with Gasteiger partial charge in [0.25, 0.3) is 5.91 Å². The van der Waals surface area contributed by atoms with Crippen molar-refractivity contribution in [1.29, 1.82) is 0 Å². The topological polar surface area (TPSA) is 65.1 Å². The van der Waals surface area contributed by atoms with E-state index >= 15 is 0 Å². The van der Waals surface area contributed by atoms with E-state index in [1.54, 1.807) is 26.1 Å². The molecule has 1 aliphatic rings. The zero-order valence-electron chi connectivity index (χ0n) is 13.8. The van der Waals surface area contributed by atoms with Crippen LogP contribution in [0.1, 0.15) is 12.5 Å². The molecule has 1 amide bonds. The molecule has 1 fully saturated rings. The number of carbonyl (C=O) groups excluding carboxylic acids is 2. The Morgan fingerprint density at radius 2 is 2.16 bits per heavy atom. The lowest BCUT2D eigenvalue weighted by Crippen LogP contribution is -2.22. The van der Waals surface area contributed by atoms with E-state index < -0.39 is 5.97 Å². The number of halogens is 1. The molecule has 25 heavy (non-hydrogen) atoms. The van der Waals surface area contributed by atoms with E-state index in [4.69, 9.17) is 26.4 Å². The molecule has 134 valence electrons. The third-order valence-electron chi connectivity index (χ3n) is 3.18. The second-order valence-corrected chi connectivity index (χ2v) is 7.71. The standard InChI is InChI=1S/C16H16INO5S2/c1-4-22-13(19)8-23-14-10(17)5-9(6-11(14)21-3)7-12-15(20)18(2)16(24)25-12/h5-7H,4,8H2,1-3H3/b12-7-. The van der Waals surface area contributed by atoms with Crippen molar-refractivity contribution in [2.45, 2.75) is 6.92 Å². The summed E-state index contributed by atoms with van der Waals surface area (Å²) >= 11 is 8.47. The van der Waals surface area contributed by atoms with Crippen LogP contribution in [0.5, 0.6) is 11.5 Å². The number of thiocarbonyl (C=S) groups is 1. The van der Waals surface area contributed by atoms with Crippen LogP contribution < -0.4 is 9.47 Å². The Morgan fingerprint density at radius 3 is 2.72 bits per heavy atom. The molecular formula is C16H16INO5S2. The summed E-state index contributed by atoms with van der Waals surface area (Å²) in [6.07, 6.45) is 1.75. The van der Waals surface area contributed by atoms with Crippen molar-refractivity contribution in [3.63, 3.8) is 0 Å². The third-order valence-corrected chi connectivity index (χ3v) is 5.46. The maximum absolute atomic E-state index is 12.1. The molecule has 0 aromatic heterocycles. The summed E-state index contributed by atoms with van der Waals surface area (Å²) in [5.74, 6) is 0.341. The highest BCUT2D eigenvalue weighted by atomic mass is 127. The summed E-state index contributed by atoms with van der Waals surface area (Å²) < 4.78 is 17.0. The number of hydrogen-bond donors (Lipinski definition) is 0. The normalized spacial score (nSPS) is 15.7. The van der Waals surface area contributed by atoms with E-state index in [0.29, 0.717) is 27.3 Å². The second-order valence-electron chi connectivity index (χ2n) is 4.87. The Hall–Kier alpha value is -1.33. The first kappa shape index (κ1) is 20.0. The molecule has 1 aromatic rings. The highest BCUT2D eigenvalue weighted by molar-refractivity contribution is 14.1. The second kappa shape index (κ2) is 8.86. The van der Waals surface area contributed by atoms with Crippen molar-refractivity contribution in [3.05, 3.63) is 26.2 Å². The molecule has 0 radical (unpaired) electrons. The largest absolute Gasteiger partial charge is 0.493 e. The quantitative estimate of drug-likeness (QED) is 0.261. The average molecular weight is 493 g/mol. The minimum absolute atomic E-state index is 0.133. The van der Waals surface area contributed by atoms with Gasteiger partial charge in [-0.3, -0.25) is 9.69 Å². The Labute approximate surface area is 169 Å². The zero-order chi connectivity index (χ0) is 18.6. The first-order chi connectivity index (χ1) is 11.9. The van der Waals surface area contributed by atoms with Crippen LogP contribution >= 0.6 is 46.6 Å². The van der Waals surface area contributed by atoms with E-state index in [9.17, 15) is 9.59 Å². The van der Waals surface area contributed by atoms with Crippen molar-refractivity contribution in [3.8, 4) is 11.5 Å². The van der Waals surface area contributed by atoms with Gasteiger partial charge in [0, 0.05) is 7.05 Å². The predicted molar refractivity (Wildman–Crippen MR) is 109 cm³/mol. The molecule has 0 bridgehead atoms. The maximum Gasteiger partial charge on any atom is 0.344 e. The van der Waals surface area contributed by atoms with E-state index in [1.165, 1.54) is 23.8 Å². The fraction of sp³-hybridized carbons (Fsp3) is 0.312. The predicted octanol–water partition coefficient (Wildman–Crippen LogP) is 3.07. The molecule has 1 saturated heterocycles. The molecule has 2 rings (SSSR count). The molecule has 9 heteroatoms. The molecule has 6 nitrogen and oxygen atoms in total. The first-order valence-corrected chi connectivity index (χ1v) is 9.55. The van der Waals surface area contributed by atoms with Gasteiger partial charge in [-0.25, -0.2) is 4.79 Å². The van der Waals surface area contributed by atoms with Gasteiger partial charge < -0.3 is 14.2 Å². The van der Waals surface area contributed by atoms with Crippen LogP contribution in [0.25, 0.3) is 6.08 Å². The van der Waals surface area contributed by atoms with Crippen LogP contribution in [0.15, 0.2) is 17.0 Å². The van der Waals surface area contributed by atoms with Crippen LogP contribution in [0, 0.1) is 3.57 Å². The molecule has 1 aromatic carbocycles. The number of amides is 1. The van der Waals surface area contributed by atoms with Gasteiger partial charge in [-0.2, -0.15) is 0 Å². The monoisotopic (exact) mass is 493 g/mol. The molecular weight excluding hydrogens is 477 g/mol. The number of methoxy groups -OCH3 is 1. The molecule has 0 atom stereocenters. The molecule has 0 N–H and O–H groups in total. The number of hydrogen-bond acceptors (Lipinski definition) is 7. The molecule has 0 spiro atoms. The summed E-state index contributed by atoms with van der Waals surface area (Å²) in [6, 6.07) is 3.58.